The standard InChI is InChI=1S/C33H42BrN5O5/c1-33(2,3)44-32(42)35-19-21-8-10-23(11-9-21)28(40)18-25(16-22-6-5-7-26(34)17-22)31(41)36-27-14-12-24(13-15-27)30-37-29(20-43-4)38-39-30/h5-7,12-15,17,21,23,25H,8-11,16,18-20H2,1-4H3,(H,35,42)(H,36,41)(H,37,38,39)/t21?,23?,25-/m1/s1. The predicted molar refractivity (Wildman–Crippen MR) is 172 cm³/mol. The maximum absolute atomic E-state index is 13.6. The van der Waals surface area contributed by atoms with Gasteiger partial charge in [0, 0.05) is 47.6 Å². The van der Waals surface area contributed by atoms with E-state index in [0.29, 0.717) is 42.8 Å². The molecular formula is C33H42BrN5O5. The summed E-state index contributed by atoms with van der Waals surface area (Å²) in [5.41, 5.74) is 1.88. The fourth-order valence-electron chi connectivity index (χ4n) is 5.42. The Bertz CT molecular complexity index is 1410. The van der Waals surface area contributed by atoms with Crippen molar-refractivity contribution in [2.45, 2.75) is 71.5 Å². The van der Waals surface area contributed by atoms with Gasteiger partial charge in [-0.2, -0.15) is 5.10 Å². The number of halogens is 1. The zero-order valence-corrected chi connectivity index (χ0v) is 27.4. The number of rotatable bonds is 12. The van der Waals surface area contributed by atoms with Crippen LogP contribution < -0.4 is 10.6 Å². The molecule has 1 fully saturated rings. The van der Waals surface area contributed by atoms with Gasteiger partial charge < -0.3 is 20.1 Å². The van der Waals surface area contributed by atoms with Crippen molar-refractivity contribution in [2.24, 2.45) is 17.8 Å². The fourth-order valence-corrected chi connectivity index (χ4v) is 5.87. The summed E-state index contributed by atoms with van der Waals surface area (Å²) in [4.78, 5) is 43.5. The van der Waals surface area contributed by atoms with Crippen LogP contribution in [-0.2, 0) is 32.1 Å². The Labute approximate surface area is 267 Å². The number of Topliss-reactive ketones (excluding diaryl/α,β-unsaturated/α-hetero) is 1. The van der Waals surface area contributed by atoms with Crippen molar-refractivity contribution >= 4 is 39.4 Å². The number of methoxy groups -OCH3 is 1. The van der Waals surface area contributed by atoms with Gasteiger partial charge in [-0.1, -0.05) is 28.1 Å². The minimum Gasteiger partial charge on any atom is -0.444 e. The molecule has 44 heavy (non-hydrogen) atoms. The summed E-state index contributed by atoms with van der Waals surface area (Å²) in [7, 11) is 1.59. The molecule has 0 aliphatic heterocycles. The van der Waals surface area contributed by atoms with Crippen LogP contribution in [0.15, 0.2) is 53.0 Å². The van der Waals surface area contributed by atoms with Gasteiger partial charge in [-0.25, -0.2) is 9.78 Å². The molecule has 2 amide bonds. The molecule has 1 aliphatic carbocycles. The van der Waals surface area contributed by atoms with Crippen molar-refractivity contribution in [1.82, 2.24) is 20.5 Å². The molecular weight excluding hydrogens is 626 g/mol. The van der Waals surface area contributed by atoms with E-state index in [1.165, 1.54) is 0 Å². The second-order valence-electron chi connectivity index (χ2n) is 12.4. The molecule has 11 heteroatoms. The quantitative estimate of drug-likeness (QED) is 0.201. The normalized spacial score (nSPS) is 17.5. The molecule has 3 N–H and O–H groups in total. The van der Waals surface area contributed by atoms with Gasteiger partial charge in [-0.05, 0) is 101 Å². The zero-order valence-electron chi connectivity index (χ0n) is 25.8. The number of hydrogen-bond donors (Lipinski definition) is 3. The van der Waals surface area contributed by atoms with Crippen LogP contribution in [0, 0.1) is 17.8 Å². The van der Waals surface area contributed by atoms with Gasteiger partial charge in [0.25, 0.3) is 0 Å². The number of aromatic amines is 1. The van der Waals surface area contributed by atoms with Crippen LogP contribution in [-0.4, -0.2) is 52.2 Å². The van der Waals surface area contributed by atoms with E-state index >= 15 is 0 Å². The molecule has 0 unspecified atom stereocenters. The number of nitrogens with zero attached hydrogens (tertiary/aromatic N) is 2. The number of alkyl carbamates (subject to hydrolysis) is 1. The molecule has 0 saturated heterocycles. The Morgan fingerprint density at radius 3 is 2.45 bits per heavy atom. The molecule has 1 saturated carbocycles. The van der Waals surface area contributed by atoms with Crippen molar-refractivity contribution in [3.8, 4) is 11.4 Å². The summed E-state index contributed by atoms with van der Waals surface area (Å²) >= 11 is 3.51. The number of hydrogen-bond acceptors (Lipinski definition) is 7. The molecule has 0 spiro atoms. The predicted octanol–water partition coefficient (Wildman–Crippen LogP) is 6.47. The van der Waals surface area contributed by atoms with Crippen LogP contribution in [0.1, 0.15) is 64.3 Å². The van der Waals surface area contributed by atoms with Gasteiger partial charge in [0.15, 0.2) is 11.6 Å². The molecule has 0 bridgehead atoms. The van der Waals surface area contributed by atoms with Crippen LogP contribution in [0.25, 0.3) is 11.4 Å². The maximum Gasteiger partial charge on any atom is 0.407 e. The molecule has 2 aromatic carbocycles. The Kier molecular flexibility index (Phi) is 11.7. The Morgan fingerprint density at radius 2 is 1.80 bits per heavy atom. The van der Waals surface area contributed by atoms with Crippen molar-refractivity contribution in [3.05, 3.63) is 64.4 Å². The van der Waals surface area contributed by atoms with Crippen LogP contribution in [0.5, 0.6) is 0 Å². The van der Waals surface area contributed by atoms with Crippen LogP contribution in [0.4, 0.5) is 10.5 Å². The Balaban J connectivity index is 1.36. The van der Waals surface area contributed by atoms with Crippen LogP contribution >= 0.6 is 15.9 Å². The summed E-state index contributed by atoms with van der Waals surface area (Å²) in [6, 6.07) is 15.1. The third kappa shape index (κ3) is 10.3. The van der Waals surface area contributed by atoms with E-state index in [-0.39, 0.29) is 24.0 Å². The first-order valence-corrected chi connectivity index (χ1v) is 15.8. The number of ether oxygens (including phenoxy) is 2. The van der Waals surface area contributed by atoms with Gasteiger partial charge in [-0.15, -0.1) is 0 Å². The number of carbonyl (C=O) groups is 3. The number of aromatic nitrogens is 3. The molecule has 4 rings (SSSR count). The Hall–Kier alpha value is -3.57. The molecule has 10 nitrogen and oxygen atoms in total. The lowest BCUT2D eigenvalue weighted by molar-refractivity contribution is -0.129. The number of ketones is 1. The maximum atomic E-state index is 13.6. The highest BCUT2D eigenvalue weighted by Crippen LogP contribution is 2.31. The number of amides is 2. The number of H-pyrrole nitrogens is 1. The van der Waals surface area contributed by atoms with E-state index in [9.17, 15) is 14.4 Å². The third-order valence-electron chi connectivity index (χ3n) is 7.65. The third-order valence-corrected chi connectivity index (χ3v) is 8.14. The first-order valence-electron chi connectivity index (χ1n) is 15.0. The molecule has 1 aliphatic rings. The first kappa shape index (κ1) is 33.3. The monoisotopic (exact) mass is 667 g/mol. The summed E-state index contributed by atoms with van der Waals surface area (Å²) in [5.74, 6) is 0.793. The summed E-state index contributed by atoms with van der Waals surface area (Å²) in [5, 5.41) is 12.9. The number of benzene rings is 2. The highest BCUT2D eigenvalue weighted by atomic mass is 79.9. The summed E-state index contributed by atoms with van der Waals surface area (Å²) in [6.45, 7) is 6.38. The molecule has 1 aromatic heterocycles. The van der Waals surface area contributed by atoms with Gasteiger partial charge in [0.05, 0.1) is 0 Å². The molecule has 1 heterocycles. The second-order valence-corrected chi connectivity index (χ2v) is 13.3. The lowest BCUT2D eigenvalue weighted by atomic mass is 9.77. The minimum absolute atomic E-state index is 0.0887. The number of nitrogens with one attached hydrogen (secondary N) is 3. The minimum atomic E-state index is -0.539. The average molecular weight is 669 g/mol. The lowest BCUT2D eigenvalue weighted by Crippen LogP contribution is -2.37. The highest BCUT2D eigenvalue weighted by Gasteiger charge is 2.31. The molecule has 3 aromatic rings. The van der Waals surface area contributed by atoms with Crippen molar-refractivity contribution < 1.29 is 23.9 Å². The van der Waals surface area contributed by atoms with E-state index in [1.807, 2.05) is 69.3 Å². The first-order chi connectivity index (χ1) is 21.0. The van der Waals surface area contributed by atoms with Crippen LogP contribution in [0.3, 0.4) is 0 Å². The largest absolute Gasteiger partial charge is 0.444 e. The van der Waals surface area contributed by atoms with Crippen molar-refractivity contribution in [1.29, 1.82) is 0 Å². The number of anilines is 1. The molecule has 0 radical (unpaired) electrons. The Morgan fingerprint density at radius 1 is 1.07 bits per heavy atom. The van der Waals surface area contributed by atoms with E-state index in [4.69, 9.17) is 9.47 Å². The second kappa shape index (κ2) is 15.4. The smallest absolute Gasteiger partial charge is 0.407 e. The molecule has 236 valence electrons. The topological polar surface area (TPSA) is 135 Å². The van der Waals surface area contributed by atoms with E-state index in [0.717, 1.165) is 41.3 Å². The fraction of sp³-hybridized carbons (Fsp3) is 0.485. The summed E-state index contributed by atoms with van der Waals surface area (Å²) < 4.78 is 11.3. The summed E-state index contributed by atoms with van der Waals surface area (Å²) in [6.07, 6.45) is 3.39. The van der Waals surface area contributed by atoms with Crippen molar-refractivity contribution in [3.63, 3.8) is 0 Å². The average Bonchev–Trinajstić information content (AvgIpc) is 3.44. The van der Waals surface area contributed by atoms with Gasteiger partial charge in [0.2, 0.25) is 5.91 Å². The van der Waals surface area contributed by atoms with Crippen molar-refractivity contribution in [2.75, 3.05) is 19.0 Å². The number of carbonyl (C=O) groups excluding carboxylic acids is 3. The van der Waals surface area contributed by atoms with Gasteiger partial charge in [0.1, 0.15) is 18.0 Å². The van der Waals surface area contributed by atoms with E-state index in [1.54, 1.807) is 7.11 Å². The lowest BCUT2D eigenvalue weighted by Gasteiger charge is -2.29. The molecule has 1 atom stereocenters. The highest BCUT2D eigenvalue weighted by molar-refractivity contribution is 9.10. The zero-order chi connectivity index (χ0) is 31.7. The van der Waals surface area contributed by atoms with Gasteiger partial charge >= 0.3 is 6.09 Å². The van der Waals surface area contributed by atoms with Crippen LogP contribution in [0.2, 0.25) is 0 Å². The van der Waals surface area contributed by atoms with E-state index in [2.05, 4.69) is 41.7 Å². The SMILES string of the molecule is COCc1nc(-c2ccc(NC(=O)[C@@H](CC(=O)C3CCC(CNC(=O)OC(C)(C)C)CC3)Cc3cccc(Br)c3)cc2)n[nH]1. The van der Waals surface area contributed by atoms with E-state index < -0.39 is 17.6 Å². The van der Waals surface area contributed by atoms with Gasteiger partial charge in [-0.3, -0.25) is 14.7 Å².